The fourth-order valence-electron chi connectivity index (χ4n) is 1.46. The van der Waals surface area contributed by atoms with E-state index in [2.05, 4.69) is 9.47 Å². The molecule has 1 aromatic rings. The van der Waals surface area contributed by atoms with Crippen LogP contribution < -0.4 is 9.84 Å². The minimum Gasteiger partial charge on any atom is -0.872 e. The molecule has 10 heteroatoms. The number of hydrogen-bond acceptors (Lipinski definition) is 6. The molecule has 6 nitrogen and oxygen atoms in total. The van der Waals surface area contributed by atoms with Crippen LogP contribution in [0.15, 0.2) is 24.3 Å². The second kappa shape index (κ2) is 9.02. The Morgan fingerprint density at radius 1 is 1.33 bits per heavy atom. The summed E-state index contributed by atoms with van der Waals surface area (Å²) in [5.74, 6) is -4.40. The van der Waals surface area contributed by atoms with Gasteiger partial charge in [0.25, 0.3) is 5.78 Å². The second-order valence-corrected chi connectivity index (χ2v) is 4.00. The monoisotopic (exact) mass is 335 g/mol. The van der Waals surface area contributed by atoms with Crippen molar-refractivity contribution in [2.75, 3.05) is 6.61 Å². The quantitative estimate of drug-likeness (QED) is 0.261. The third kappa shape index (κ3) is 6.78. The number of esters is 1. The first kappa shape index (κ1) is 21.6. The summed E-state index contributed by atoms with van der Waals surface area (Å²) in [5, 5.41) is 20.6. The molecule has 1 rings (SSSR count). The van der Waals surface area contributed by atoms with Gasteiger partial charge in [-0.2, -0.15) is 5.26 Å². The molecule has 1 radical (unpaired) electrons. The number of nitriles is 1. The summed E-state index contributed by atoms with van der Waals surface area (Å²) >= 11 is 0. The topological polar surface area (TPSA) is 99.5 Å². The molecule has 0 unspecified atom stereocenters. The number of alkyl halides is 3. The molecule has 0 spiro atoms. The van der Waals surface area contributed by atoms with Crippen LogP contribution in [0.25, 0.3) is 5.76 Å². The van der Waals surface area contributed by atoms with Crippen LogP contribution in [0.5, 0.6) is 5.75 Å². The van der Waals surface area contributed by atoms with Crippen molar-refractivity contribution in [3.05, 3.63) is 35.4 Å². The van der Waals surface area contributed by atoms with Gasteiger partial charge in [0.05, 0.1) is 18.2 Å². The van der Waals surface area contributed by atoms with Gasteiger partial charge in [-0.25, -0.2) is 4.79 Å². The Bertz CT molecular complexity index is 695. The first-order valence-electron chi connectivity index (χ1n) is 6.07. The van der Waals surface area contributed by atoms with E-state index in [1.165, 1.54) is 6.92 Å². The van der Waals surface area contributed by atoms with E-state index >= 15 is 0 Å². The van der Waals surface area contributed by atoms with Gasteiger partial charge in [-0.15, -0.1) is 13.2 Å². The zero-order valence-electron chi connectivity index (χ0n) is 12.6. The zero-order chi connectivity index (χ0) is 17.6. The molecule has 24 heavy (non-hydrogen) atoms. The van der Waals surface area contributed by atoms with Gasteiger partial charge >= 0.3 is 12.3 Å². The van der Waals surface area contributed by atoms with Crippen LogP contribution >= 0.6 is 0 Å². The van der Waals surface area contributed by atoms with Crippen LogP contribution in [-0.4, -0.2) is 43.6 Å². The Morgan fingerprint density at radius 3 is 2.46 bits per heavy atom. The van der Waals surface area contributed by atoms with Crippen molar-refractivity contribution in [1.29, 1.82) is 5.26 Å². The molecule has 0 heterocycles. The average molecular weight is 335 g/mol. The number of carbonyl (C=O) groups is 2. The maximum absolute atomic E-state index is 12.2. The fraction of sp³-hybridized carbons (Fsp3) is 0.214. The molecule has 0 saturated heterocycles. The van der Waals surface area contributed by atoms with E-state index in [-0.39, 0.29) is 31.0 Å². The summed E-state index contributed by atoms with van der Waals surface area (Å²) in [6.07, 6.45) is -4.65. The third-order valence-corrected chi connectivity index (χ3v) is 2.29. The van der Waals surface area contributed by atoms with Gasteiger partial charge in [-0.05, 0) is 36.8 Å². The summed E-state index contributed by atoms with van der Waals surface area (Å²) in [7, 11) is 0. The first-order valence-corrected chi connectivity index (χ1v) is 6.07. The van der Waals surface area contributed by atoms with Gasteiger partial charge in [-0.3, -0.25) is 4.79 Å². The fourth-order valence-corrected chi connectivity index (χ4v) is 1.46. The van der Waals surface area contributed by atoms with Crippen LogP contribution in [-0.2, 0) is 14.3 Å². The summed E-state index contributed by atoms with van der Waals surface area (Å²) in [4.78, 5) is 22.5. The van der Waals surface area contributed by atoms with Crippen LogP contribution in [0.2, 0.25) is 0 Å². The molecular weight excluding hydrogens is 326 g/mol. The molecule has 0 atom stereocenters. The average Bonchev–Trinajstić information content (AvgIpc) is 2.45. The van der Waals surface area contributed by atoms with Crippen LogP contribution in [0.1, 0.15) is 18.1 Å². The Hall–Kier alpha value is -2.42. The molecule has 0 aliphatic rings. The maximum atomic E-state index is 12.2. The number of halogens is 3. The summed E-state index contributed by atoms with van der Waals surface area (Å²) in [6, 6.07) is 3.99. The number of rotatable bonds is 5. The van der Waals surface area contributed by atoms with E-state index in [1.807, 2.05) is 0 Å². The summed E-state index contributed by atoms with van der Waals surface area (Å²) < 4.78 is 44.6. The molecule has 0 aliphatic heterocycles. The predicted molar refractivity (Wildman–Crippen MR) is 73.2 cm³/mol. The molecule has 0 bridgehead atoms. The van der Waals surface area contributed by atoms with E-state index in [0.29, 0.717) is 12.1 Å². The third-order valence-electron chi connectivity index (χ3n) is 2.29. The number of nitrogens with zero attached hydrogens (tertiary/aromatic N) is 1. The number of ketones is 1. The van der Waals surface area contributed by atoms with Crippen LogP contribution in [0.3, 0.4) is 0 Å². The number of benzene rings is 1. The van der Waals surface area contributed by atoms with Gasteiger partial charge in [-0.1, -0.05) is 5.76 Å². The minimum absolute atomic E-state index is 0. The van der Waals surface area contributed by atoms with Crippen molar-refractivity contribution in [1.82, 2.24) is 0 Å². The van der Waals surface area contributed by atoms with E-state index in [0.717, 1.165) is 12.1 Å². The molecule has 0 amide bonds. The van der Waals surface area contributed by atoms with E-state index in [1.54, 1.807) is 6.07 Å². The van der Waals surface area contributed by atoms with Crippen molar-refractivity contribution in [3.8, 4) is 11.8 Å². The Kier molecular flexibility index (Phi) is 8.11. The Labute approximate surface area is 146 Å². The van der Waals surface area contributed by atoms with Crippen molar-refractivity contribution in [3.63, 3.8) is 0 Å². The van der Waals surface area contributed by atoms with Crippen LogP contribution in [0.4, 0.5) is 13.2 Å². The smallest absolute Gasteiger partial charge is 0.573 e. The normalized spacial score (nSPS) is 11.0. The molecule has 0 aliphatic carbocycles. The summed E-state index contributed by atoms with van der Waals surface area (Å²) in [6.45, 7) is 1.37. The van der Waals surface area contributed by atoms with Crippen molar-refractivity contribution < 1.29 is 37.3 Å². The molecule has 0 saturated carbocycles. The Balaban J connectivity index is 0.00000529. The van der Waals surface area contributed by atoms with Gasteiger partial charge in [0.2, 0.25) is 0 Å². The van der Waals surface area contributed by atoms with E-state index < -0.39 is 35.2 Å². The van der Waals surface area contributed by atoms with Gasteiger partial charge in [0.15, 0.2) is 0 Å². The number of ether oxygens (including phenoxy) is 2. The summed E-state index contributed by atoms with van der Waals surface area (Å²) in [5.41, 5.74) is -0.701. The molecule has 1 aromatic carbocycles. The van der Waals surface area contributed by atoms with Gasteiger partial charge in [0.1, 0.15) is 5.75 Å². The van der Waals surface area contributed by atoms with Gasteiger partial charge < -0.3 is 14.6 Å². The number of hydrogen-bond donors (Lipinski definition) is 0. The largest absolute Gasteiger partial charge is 0.872 e. The van der Waals surface area contributed by atoms with Crippen molar-refractivity contribution in [2.45, 2.75) is 13.3 Å². The van der Waals surface area contributed by atoms with Crippen molar-refractivity contribution in [2.24, 2.45) is 0 Å². The number of carbonyl (C=O) groups excluding carboxylic acids is 2. The predicted octanol–water partition coefficient (Wildman–Crippen LogP) is 0.909. The molecular formula is C14H9F3LiNO5-. The molecule has 0 fully saturated rings. The molecule has 123 valence electrons. The maximum Gasteiger partial charge on any atom is 0.573 e. The zero-order valence-corrected chi connectivity index (χ0v) is 12.6. The molecule has 0 N–H and O–H groups in total. The Morgan fingerprint density at radius 2 is 1.96 bits per heavy atom. The van der Waals surface area contributed by atoms with E-state index in [4.69, 9.17) is 5.26 Å². The SMILES string of the molecule is CCOC(=O)C(=O)C=C([O-])c1cc(C#N)cc(OC(F)(F)F)c1.[Li]. The second-order valence-electron chi connectivity index (χ2n) is 4.00. The minimum atomic E-state index is -5.02. The van der Waals surface area contributed by atoms with Gasteiger partial charge in [0, 0.05) is 18.9 Å². The van der Waals surface area contributed by atoms with E-state index in [9.17, 15) is 27.9 Å². The van der Waals surface area contributed by atoms with Crippen molar-refractivity contribution >= 4 is 36.4 Å². The standard InChI is InChI=1S/C14H10F3NO5.Li/c1-2-22-13(21)12(20)6-11(19)9-3-8(7-18)4-10(5-9)23-14(15,16)17;/h3-6,19H,2H2,1H3;/p-1. The van der Waals surface area contributed by atoms with Crippen LogP contribution in [0, 0.1) is 11.3 Å². The first-order chi connectivity index (χ1) is 10.7. The molecule has 0 aromatic heterocycles.